The molecule has 4 rings (SSSR count). The van der Waals surface area contributed by atoms with Gasteiger partial charge in [-0.05, 0) is 54.6 Å². The van der Waals surface area contributed by atoms with E-state index in [0.717, 1.165) is 20.8 Å². The molecule has 0 saturated heterocycles. The summed E-state index contributed by atoms with van der Waals surface area (Å²) in [5, 5.41) is 19.0. The molecular weight excluding hydrogens is 342 g/mol. The molecule has 122 valence electrons. The van der Waals surface area contributed by atoms with Gasteiger partial charge in [-0.2, -0.15) is 10.5 Å². The number of fused-ring (bicyclic) bond motifs is 1. The zero-order chi connectivity index (χ0) is 17.9. The average Bonchev–Trinajstić information content (AvgIpc) is 3.12. The van der Waals surface area contributed by atoms with Gasteiger partial charge in [0.05, 0.1) is 21.3 Å². The first-order chi connectivity index (χ1) is 12.8. The molecule has 0 aliphatic heterocycles. The molecule has 0 amide bonds. The molecule has 0 aliphatic rings. The van der Waals surface area contributed by atoms with Gasteiger partial charge in [0.2, 0.25) is 0 Å². The fourth-order valence-electron chi connectivity index (χ4n) is 2.57. The van der Waals surface area contributed by atoms with Crippen LogP contribution in [0.25, 0.3) is 20.8 Å². The van der Waals surface area contributed by atoms with Crippen LogP contribution in [0, 0.1) is 22.7 Å². The van der Waals surface area contributed by atoms with Crippen molar-refractivity contribution in [1.29, 1.82) is 10.5 Å². The molecule has 1 aromatic heterocycles. The smallest absolute Gasteiger partial charge is 0.128 e. The van der Waals surface area contributed by atoms with Gasteiger partial charge >= 0.3 is 0 Å². The van der Waals surface area contributed by atoms with Gasteiger partial charge in [-0.1, -0.05) is 12.1 Å². The summed E-state index contributed by atoms with van der Waals surface area (Å²) in [5.41, 5.74) is 2.66. The highest BCUT2D eigenvalue weighted by atomic mass is 32.1. The highest BCUT2D eigenvalue weighted by Gasteiger charge is 2.07. The molecular formula is C21H11N3OS. The topological polar surface area (TPSA) is 69.7 Å². The summed E-state index contributed by atoms with van der Waals surface area (Å²) in [5.74, 6) is 1.18. The van der Waals surface area contributed by atoms with Crippen molar-refractivity contribution in [3.63, 3.8) is 0 Å². The Morgan fingerprint density at radius 2 is 1.54 bits per heavy atom. The molecule has 4 aromatic rings. The van der Waals surface area contributed by atoms with Crippen LogP contribution in [-0.4, -0.2) is 4.98 Å². The van der Waals surface area contributed by atoms with Crippen LogP contribution in [0.5, 0.6) is 11.5 Å². The van der Waals surface area contributed by atoms with Gasteiger partial charge in [-0.3, -0.25) is 0 Å². The molecule has 0 atom stereocenters. The Bertz CT molecular complexity index is 1150. The second-order valence-corrected chi connectivity index (χ2v) is 6.57. The number of rotatable bonds is 3. The fourth-order valence-corrected chi connectivity index (χ4v) is 3.55. The SMILES string of the molecule is N#Cc1ccc(Oc2ccc(-c3nc4ccccc4s3)cc2)cc1C#N. The third-order valence-corrected chi connectivity index (χ3v) is 4.95. The summed E-state index contributed by atoms with van der Waals surface area (Å²) in [4.78, 5) is 4.65. The highest BCUT2D eigenvalue weighted by Crippen LogP contribution is 2.32. The maximum atomic E-state index is 9.10. The van der Waals surface area contributed by atoms with E-state index in [1.54, 1.807) is 29.5 Å². The Hall–Kier alpha value is -3.67. The van der Waals surface area contributed by atoms with Crippen molar-refractivity contribution in [2.45, 2.75) is 0 Å². The van der Waals surface area contributed by atoms with Crippen LogP contribution >= 0.6 is 11.3 Å². The number of benzene rings is 3. The van der Waals surface area contributed by atoms with Gasteiger partial charge in [0, 0.05) is 5.56 Å². The summed E-state index contributed by atoms with van der Waals surface area (Å²) in [6, 6.07) is 24.5. The summed E-state index contributed by atoms with van der Waals surface area (Å²) in [7, 11) is 0. The Balaban J connectivity index is 1.58. The van der Waals surface area contributed by atoms with E-state index in [2.05, 4.69) is 11.1 Å². The number of aromatic nitrogens is 1. The standard InChI is InChI=1S/C21H11N3OS/c22-12-15-7-10-18(11-16(15)13-23)25-17-8-5-14(6-9-17)21-24-19-3-1-2-4-20(19)26-21/h1-11H. The van der Waals surface area contributed by atoms with Crippen molar-refractivity contribution < 1.29 is 4.74 Å². The Morgan fingerprint density at radius 1 is 0.808 bits per heavy atom. The van der Waals surface area contributed by atoms with Gasteiger partial charge in [0.15, 0.2) is 0 Å². The maximum absolute atomic E-state index is 9.10. The lowest BCUT2D eigenvalue weighted by molar-refractivity contribution is 0.482. The molecule has 0 unspecified atom stereocenters. The first kappa shape index (κ1) is 15.8. The second-order valence-electron chi connectivity index (χ2n) is 5.54. The van der Waals surface area contributed by atoms with Gasteiger partial charge in [-0.15, -0.1) is 11.3 Å². The van der Waals surface area contributed by atoms with Crippen molar-refractivity contribution >= 4 is 21.6 Å². The van der Waals surface area contributed by atoms with Crippen molar-refractivity contribution in [2.24, 2.45) is 0 Å². The van der Waals surface area contributed by atoms with Crippen molar-refractivity contribution in [2.75, 3.05) is 0 Å². The number of hydrogen-bond donors (Lipinski definition) is 0. The van der Waals surface area contributed by atoms with Crippen LogP contribution in [0.15, 0.2) is 66.7 Å². The zero-order valence-corrected chi connectivity index (χ0v) is 14.3. The Morgan fingerprint density at radius 3 is 2.27 bits per heavy atom. The number of ether oxygens (including phenoxy) is 1. The van der Waals surface area contributed by atoms with Crippen molar-refractivity contribution in [3.05, 3.63) is 77.9 Å². The number of nitriles is 2. The zero-order valence-electron chi connectivity index (χ0n) is 13.5. The van der Waals surface area contributed by atoms with E-state index < -0.39 is 0 Å². The van der Waals surface area contributed by atoms with Crippen molar-refractivity contribution in [1.82, 2.24) is 4.98 Å². The molecule has 0 radical (unpaired) electrons. The monoisotopic (exact) mass is 353 g/mol. The van der Waals surface area contributed by atoms with Crippen LogP contribution in [-0.2, 0) is 0 Å². The van der Waals surface area contributed by atoms with E-state index in [1.807, 2.05) is 54.6 Å². The van der Waals surface area contributed by atoms with E-state index in [9.17, 15) is 0 Å². The van der Waals surface area contributed by atoms with E-state index >= 15 is 0 Å². The van der Waals surface area contributed by atoms with Crippen LogP contribution in [0.4, 0.5) is 0 Å². The van der Waals surface area contributed by atoms with Gasteiger partial charge < -0.3 is 4.74 Å². The third-order valence-electron chi connectivity index (χ3n) is 3.86. The number of nitrogens with zero attached hydrogens (tertiary/aromatic N) is 3. The largest absolute Gasteiger partial charge is 0.457 e. The van der Waals surface area contributed by atoms with Gasteiger partial charge in [0.1, 0.15) is 28.6 Å². The lowest BCUT2D eigenvalue weighted by Gasteiger charge is -2.07. The number of thiazole rings is 1. The minimum atomic E-state index is 0.302. The molecule has 0 bridgehead atoms. The quantitative estimate of drug-likeness (QED) is 0.488. The molecule has 4 nitrogen and oxygen atoms in total. The number of hydrogen-bond acceptors (Lipinski definition) is 5. The maximum Gasteiger partial charge on any atom is 0.128 e. The Labute approximate surface area is 154 Å². The lowest BCUT2D eigenvalue weighted by Crippen LogP contribution is -1.88. The first-order valence-corrected chi connectivity index (χ1v) is 8.66. The lowest BCUT2D eigenvalue weighted by atomic mass is 10.1. The molecule has 26 heavy (non-hydrogen) atoms. The molecule has 0 saturated carbocycles. The summed E-state index contributed by atoms with van der Waals surface area (Å²) in [6.45, 7) is 0. The molecule has 0 spiro atoms. The summed E-state index contributed by atoms with van der Waals surface area (Å²) < 4.78 is 6.95. The fraction of sp³-hybridized carbons (Fsp3) is 0. The minimum Gasteiger partial charge on any atom is -0.457 e. The first-order valence-electron chi connectivity index (χ1n) is 7.85. The summed E-state index contributed by atoms with van der Waals surface area (Å²) >= 11 is 1.65. The van der Waals surface area contributed by atoms with Crippen LogP contribution in [0.1, 0.15) is 11.1 Å². The average molecular weight is 353 g/mol. The molecule has 0 fully saturated rings. The van der Waals surface area contributed by atoms with Crippen LogP contribution in [0.2, 0.25) is 0 Å². The van der Waals surface area contributed by atoms with Crippen LogP contribution < -0.4 is 4.74 Å². The normalized spacial score (nSPS) is 10.2. The second kappa shape index (κ2) is 6.68. The predicted molar refractivity (Wildman–Crippen MR) is 101 cm³/mol. The number of para-hydroxylation sites is 1. The van der Waals surface area contributed by atoms with E-state index in [-0.39, 0.29) is 0 Å². The van der Waals surface area contributed by atoms with E-state index in [4.69, 9.17) is 15.3 Å². The van der Waals surface area contributed by atoms with Crippen LogP contribution in [0.3, 0.4) is 0 Å². The minimum absolute atomic E-state index is 0.302. The molecule has 5 heteroatoms. The molecule has 1 heterocycles. The predicted octanol–water partition coefficient (Wildman–Crippen LogP) is 5.50. The van der Waals surface area contributed by atoms with Crippen molar-refractivity contribution in [3.8, 4) is 34.2 Å². The third kappa shape index (κ3) is 3.00. The molecule has 3 aromatic carbocycles. The van der Waals surface area contributed by atoms with Gasteiger partial charge in [0.25, 0.3) is 0 Å². The van der Waals surface area contributed by atoms with E-state index in [0.29, 0.717) is 22.6 Å². The molecule has 0 aliphatic carbocycles. The van der Waals surface area contributed by atoms with Gasteiger partial charge in [-0.25, -0.2) is 4.98 Å². The Kier molecular flexibility index (Phi) is 4.07. The van der Waals surface area contributed by atoms with E-state index in [1.165, 1.54) is 0 Å². The summed E-state index contributed by atoms with van der Waals surface area (Å²) in [6.07, 6.45) is 0. The highest BCUT2D eigenvalue weighted by molar-refractivity contribution is 7.21. The molecule has 0 N–H and O–H groups in total.